The van der Waals surface area contributed by atoms with E-state index in [-0.39, 0.29) is 18.0 Å². The molecule has 0 spiro atoms. The number of unbranched alkanes of at least 4 members (excludes halogenated alkanes) is 4. The van der Waals surface area contributed by atoms with E-state index in [2.05, 4.69) is 0 Å². The van der Waals surface area contributed by atoms with E-state index in [4.69, 9.17) is 9.47 Å². The Hall–Kier alpha value is -0.900. The molecule has 0 aromatic carbocycles. The monoisotopic (exact) mass is 314 g/mol. The number of hydrogen-bond acceptors (Lipinski definition) is 4. The molecule has 130 valence electrons. The van der Waals surface area contributed by atoms with Gasteiger partial charge in [-0.2, -0.15) is 0 Å². The number of ether oxygens (including phenoxy) is 2. The van der Waals surface area contributed by atoms with Gasteiger partial charge in [0, 0.05) is 25.4 Å². The molecule has 22 heavy (non-hydrogen) atoms. The average Bonchev–Trinajstić information content (AvgIpc) is 2.45. The van der Waals surface area contributed by atoms with Crippen LogP contribution >= 0.6 is 0 Å². The topological polar surface area (TPSA) is 52.6 Å². The predicted molar refractivity (Wildman–Crippen MR) is 88.8 cm³/mol. The summed E-state index contributed by atoms with van der Waals surface area (Å²) in [5.41, 5.74) is 0. The summed E-state index contributed by atoms with van der Waals surface area (Å²) in [5, 5.41) is 0. The summed E-state index contributed by atoms with van der Waals surface area (Å²) in [6, 6.07) is 0. The maximum absolute atomic E-state index is 11.5. The van der Waals surface area contributed by atoms with Gasteiger partial charge in [-0.1, -0.05) is 20.3 Å². The third-order valence-corrected chi connectivity index (χ3v) is 3.45. The van der Waals surface area contributed by atoms with Crippen molar-refractivity contribution >= 4 is 11.8 Å². The number of hydrogen-bond donors (Lipinski definition) is 0. The zero-order chi connectivity index (χ0) is 16.8. The maximum atomic E-state index is 11.5. The van der Waals surface area contributed by atoms with Crippen molar-refractivity contribution in [2.75, 3.05) is 13.2 Å². The lowest BCUT2D eigenvalue weighted by atomic mass is 10.0. The van der Waals surface area contributed by atoms with Gasteiger partial charge in [0.25, 0.3) is 0 Å². The second-order valence-electron chi connectivity index (χ2n) is 6.38. The van der Waals surface area contributed by atoms with Crippen LogP contribution in [0.15, 0.2) is 0 Å². The molecule has 4 nitrogen and oxygen atoms in total. The minimum atomic E-state index is -0.108. The summed E-state index contributed by atoms with van der Waals surface area (Å²) in [6.07, 6.45) is 6.96. The van der Waals surface area contributed by atoms with Crippen LogP contribution in [0.1, 0.15) is 79.1 Å². The zero-order valence-corrected chi connectivity index (χ0v) is 14.9. The molecule has 0 saturated carbocycles. The van der Waals surface area contributed by atoms with Crippen molar-refractivity contribution in [1.82, 2.24) is 0 Å². The summed E-state index contributed by atoms with van der Waals surface area (Å²) in [6.45, 7) is 9.15. The highest BCUT2D eigenvalue weighted by Gasteiger charge is 2.06. The second-order valence-corrected chi connectivity index (χ2v) is 6.38. The molecule has 0 unspecified atom stereocenters. The van der Waals surface area contributed by atoms with Crippen LogP contribution in [0.2, 0.25) is 0 Å². The predicted octanol–water partition coefficient (Wildman–Crippen LogP) is 4.30. The molecular weight excluding hydrogens is 280 g/mol. The maximum Gasteiger partial charge on any atom is 0.305 e. The first-order valence-electron chi connectivity index (χ1n) is 8.73. The lowest BCUT2D eigenvalue weighted by molar-refractivity contribution is -0.144. The highest BCUT2D eigenvalue weighted by Crippen LogP contribution is 2.07. The molecule has 0 aromatic heterocycles. The minimum Gasteiger partial charge on any atom is -0.466 e. The quantitative estimate of drug-likeness (QED) is 0.354. The number of rotatable bonds is 14. The van der Waals surface area contributed by atoms with Gasteiger partial charge < -0.3 is 9.47 Å². The van der Waals surface area contributed by atoms with E-state index in [1.807, 2.05) is 27.7 Å². The summed E-state index contributed by atoms with van der Waals surface area (Å²) >= 11 is 0. The molecule has 0 saturated heterocycles. The number of carbonyl (C=O) groups is 2. The van der Waals surface area contributed by atoms with E-state index in [1.54, 1.807) is 0 Å². The Labute approximate surface area is 135 Å². The fraction of sp³-hybridized carbons (Fsp3) is 0.889. The van der Waals surface area contributed by atoms with E-state index in [0.29, 0.717) is 25.2 Å². The fourth-order valence-corrected chi connectivity index (χ4v) is 1.99. The highest BCUT2D eigenvalue weighted by atomic mass is 16.5. The van der Waals surface area contributed by atoms with Crippen molar-refractivity contribution in [2.24, 2.45) is 5.92 Å². The molecule has 0 heterocycles. The smallest absolute Gasteiger partial charge is 0.305 e. The first-order chi connectivity index (χ1) is 10.4. The largest absolute Gasteiger partial charge is 0.466 e. The Balaban J connectivity index is 3.31. The van der Waals surface area contributed by atoms with Crippen molar-refractivity contribution < 1.29 is 19.1 Å². The Bertz CT molecular complexity index is 297. The summed E-state index contributed by atoms with van der Waals surface area (Å²) in [7, 11) is 0. The summed E-state index contributed by atoms with van der Waals surface area (Å²) < 4.78 is 10.6. The third kappa shape index (κ3) is 14.1. The third-order valence-electron chi connectivity index (χ3n) is 3.45. The van der Waals surface area contributed by atoms with Gasteiger partial charge in [0.15, 0.2) is 0 Å². The summed E-state index contributed by atoms with van der Waals surface area (Å²) in [4.78, 5) is 22.9. The highest BCUT2D eigenvalue weighted by molar-refractivity contribution is 5.80. The lowest BCUT2D eigenvalue weighted by Gasteiger charge is -2.07. The first-order valence-corrected chi connectivity index (χ1v) is 8.73. The molecule has 0 aliphatic heterocycles. The van der Waals surface area contributed by atoms with Gasteiger partial charge in [0.05, 0.1) is 12.7 Å². The van der Waals surface area contributed by atoms with Crippen molar-refractivity contribution in [2.45, 2.75) is 85.2 Å². The Morgan fingerprint density at radius 1 is 0.773 bits per heavy atom. The Morgan fingerprint density at radius 2 is 1.36 bits per heavy atom. The van der Waals surface area contributed by atoms with Gasteiger partial charge in [0.1, 0.15) is 5.78 Å². The standard InChI is InChI=1S/C18H34O4/c1-15(2)17(19)11-7-5-10-14-22-18(20)12-8-6-9-13-21-16(3)4/h15-16H,5-14H2,1-4H3. The van der Waals surface area contributed by atoms with Crippen LogP contribution in [0.5, 0.6) is 0 Å². The Kier molecular flexibility index (Phi) is 13.2. The molecule has 0 N–H and O–H groups in total. The van der Waals surface area contributed by atoms with Crippen LogP contribution in [0, 0.1) is 5.92 Å². The molecule has 0 rings (SSSR count). The van der Waals surface area contributed by atoms with Crippen LogP contribution in [-0.2, 0) is 19.1 Å². The van der Waals surface area contributed by atoms with Crippen LogP contribution in [0.4, 0.5) is 0 Å². The van der Waals surface area contributed by atoms with Crippen molar-refractivity contribution in [3.63, 3.8) is 0 Å². The number of esters is 1. The molecule has 0 atom stereocenters. The van der Waals surface area contributed by atoms with E-state index in [1.165, 1.54) is 0 Å². The fourth-order valence-electron chi connectivity index (χ4n) is 1.99. The normalized spacial score (nSPS) is 11.2. The Morgan fingerprint density at radius 3 is 1.95 bits per heavy atom. The minimum absolute atomic E-state index is 0.108. The molecule has 0 aromatic rings. The van der Waals surface area contributed by atoms with Gasteiger partial charge in [0.2, 0.25) is 0 Å². The SMILES string of the molecule is CC(C)OCCCCCC(=O)OCCCCCC(=O)C(C)C. The summed E-state index contributed by atoms with van der Waals surface area (Å²) in [5.74, 6) is 0.338. The van der Waals surface area contributed by atoms with E-state index >= 15 is 0 Å². The van der Waals surface area contributed by atoms with Crippen molar-refractivity contribution in [3.05, 3.63) is 0 Å². The molecule has 0 aliphatic rings. The van der Waals surface area contributed by atoms with Crippen LogP contribution in [0.25, 0.3) is 0 Å². The van der Waals surface area contributed by atoms with Gasteiger partial charge in [-0.25, -0.2) is 0 Å². The van der Waals surface area contributed by atoms with Gasteiger partial charge in [-0.15, -0.1) is 0 Å². The van der Waals surface area contributed by atoms with Gasteiger partial charge in [-0.3, -0.25) is 9.59 Å². The van der Waals surface area contributed by atoms with Crippen molar-refractivity contribution in [3.8, 4) is 0 Å². The van der Waals surface area contributed by atoms with Crippen LogP contribution in [0.3, 0.4) is 0 Å². The molecule has 0 amide bonds. The van der Waals surface area contributed by atoms with Crippen LogP contribution in [-0.4, -0.2) is 31.1 Å². The molecule has 0 aliphatic carbocycles. The molecule has 0 fully saturated rings. The molecule has 0 bridgehead atoms. The van der Waals surface area contributed by atoms with E-state index < -0.39 is 0 Å². The van der Waals surface area contributed by atoms with Gasteiger partial charge in [-0.05, 0) is 46.0 Å². The second kappa shape index (κ2) is 13.7. The number of ketones is 1. The van der Waals surface area contributed by atoms with E-state index in [0.717, 1.165) is 45.1 Å². The van der Waals surface area contributed by atoms with Gasteiger partial charge >= 0.3 is 5.97 Å². The average molecular weight is 314 g/mol. The molecule has 4 heteroatoms. The lowest BCUT2D eigenvalue weighted by Crippen LogP contribution is -2.08. The number of carbonyl (C=O) groups excluding carboxylic acids is 2. The number of Topliss-reactive ketones (excluding diaryl/α,β-unsaturated/α-hetero) is 1. The molecule has 0 radical (unpaired) electrons. The van der Waals surface area contributed by atoms with Crippen LogP contribution < -0.4 is 0 Å². The first kappa shape index (κ1) is 21.1. The molecular formula is C18H34O4. The van der Waals surface area contributed by atoms with E-state index in [9.17, 15) is 9.59 Å². The zero-order valence-electron chi connectivity index (χ0n) is 14.9. The van der Waals surface area contributed by atoms with Crippen molar-refractivity contribution in [1.29, 1.82) is 0 Å².